The van der Waals surface area contributed by atoms with Crippen LogP contribution in [0.15, 0.2) is 0 Å². The maximum absolute atomic E-state index is 3.82. The van der Waals surface area contributed by atoms with Crippen LogP contribution in [0, 0.1) is 23.7 Å². The first-order chi connectivity index (χ1) is 6.72. The Morgan fingerprint density at radius 3 is 1.60 bits per heavy atom. The summed E-state index contributed by atoms with van der Waals surface area (Å²) in [5.41, 5.74) is 0.240. The molecule has 1 aliphatic rings. The summed E-state index contributed by atoms with van der Waals surface area (Å²) in [7, 11) is 0. The Bertz CT molecular complexity index is 190. The van der Waals surface area contributed by atoms with E-state index in [2.05, 4.69) is 53.8 Å². The van der Waals surface area contributed by atoms with Crippen molar-refractivity contribution in [2.24, 2.45) is 23.7 Å². The molecule has 0 aliphatic heterocycles. The molecule has 0 aromatic heterocycles. The fourth-order valence-corrected chi connectivity index (χ4v) is 2.97. The molecule has 0 radical (unpaired) electrons. The van der Waals surface area contributed by atoms with Gasteiger partial charge in [-0.15, -0.1) is 0 Å². The van der Waals surface area contributed by atoms with E-state index in [1.54, 1.807) is 0 Å². The molecule has 0 bridgehead atoms. The summed E-state index contributed by atoms with van der Waals surface area (Å²) >= 11 is 0. The second-order valence-corrected chi connectivity index (χ2v) is 6.83. The zero-order valence-corrected chi connectivity index (χ0v) is 11.6. The van der Waals surface area contributed by atoms with Crippen LogP contribution in [0.2, 0.25) is 0 Å². The number of hydrogen-bond donors (Lipinski definition) is 1. The van der Waals surface area contributed by atoms with Crippen LogP contribution in [0.5, 0.6) is 0 Å². The van der Waals surface area contributed by atoms with Gasteiger partial charge in [-0.05, 0) is 50.9 Å². The highest BCUT2D eigenvalue weighted by molar-refractivity contribution is 4.92. The van der Waals surface area contributed by atoms with Gasteiger partial charge in [-0.2, -0.15) is 0 Å². The summed E-state index contributed by atoms with van der Waals surface area (Å²) < 4.78 is 0. The van der Waals surface area contributed by atoms with E-state index in [-0.39, 0.29) is 5.54 Å². The molecule has 1 nitrogen and oxygen atoms in total. The van der Waals surface area contributed by atoms with E-state index in [1.807, 2.05) is 0 Å². The predicted molar refractivity (Wildman–Crippen MR) is 67.9 cm³/mol. The topological polar surface area (TPSA) is 12.0 Å². The second kappa shape index (κ2) is 4.45. The molecule has 90 valence electrons. The molecule has 1 aliphatic carbocycles. The first kappa shape index (κ1) is 13.0. The fourth-order valence-electron chi connectivity index (χ4n) is 2.97. The predicted octanol–water partition coefficient (Wildman–Crippen LogP) is 3.69. The van der Waals surface area contributed by atoms with Gasteiger partial charge in [0.1, 0.15) is 0 Å². The monoisotopic (exact) mass is 211 g/mol. The molecular formula is C14H29N. The molecule has 0 heterocycles. The molecule has 4 unspecified atom stereocenters. The first-order valence-electron chi connectivity index (χ1n) is 6.50. The largest absolute Gasteiger partial charge is 0.309 e. The standard InChI is InChI=1S/C14H29N/c1-9-8-10(2)12(4)13(11(9)3)15-14(5,6)7/h9-13,15H,8H2,1-7H3. The minimum Gasteiger partial charge on any atom is -0.309 e. The van der Waals surface area contributed by atoms with Crippen molar-refractivity contribution in [2.75, 3.05) is 0 Å². The first-order valence-corrected chi connectivity index (χ1v) is 6.50. The SMILES string of the molecule is CC1CC(C)C(C)C(NC(C)(C)C)C1C. The lowest BCUT2D eigenvalue weighted by Gasteiger charge is -2.46. The number of nitrogens with one attached hydrogen (secondary N) is 1. The van der Waals surface area contributed by atoms with Gasteiger partial charge < -0.3 is 5.32 Å². The lowest BCUT2D eigenvalue weighted by Crippen LogP contribution is -2.54. The van der Waals surface area contributed by atoms with Crippen molar-refractivity contribution < 1.29 is 0 Å². The van der Waals surface area contributed by atoms with E-state index in [0.29, 0.717) is 6.04 Å². The third-order valence-corrected chi connectivity index (χ3v) is 4.27. The van der Waals surface area contributed by atoms with Crippen molar-refractivity contribution >= 4 is 0 Å². The van der Waals surface area contributed by atoms with E-state index < -0.39 is 0 Å². The van der Waals surface area contributed by atoms with Crippen molar-refractivity contribution in [2.45, 2.75) is 66.5 Å². The Morgan fingerprint density at radius 2 is 1.27 bits per heavy atom. The van der Waals surface area contributed by atoms with Gasteiger partial charge in [0.15, 0.2) is 0 Å². The smallest absolute Gasteiger partial charge is 0.0128 e. The van der Waals surface area contributed by atoms with Crippen LogP contribution in [0.25, 0.3) is 0 Å². The third-order valence-electron chi connectivity index (χ3n) is 4.27. The highest BCUT2D eigenvalue weighted by atomic mass is 15.0. The van der Waals surface area contributed by atoms with E-state index >= 15 is 0 Å². The Balaban J connectivity index is 2.73. The summed E-state index contributed by atoms with van der Waals surface area (Å²) in [5, 5.41) is 3.82. The Morgan fingerprint density at radius 1 is 0.867 bits per heavy atom. The van der Waals surface area contributed by atoms with Crippen molar-refractivity contribution in [3.05, 3.63) is 0 Å². The van der Waals surface area contributed by atoms with Gasteiger partial charge in [-0.3, -0.25) is 0 Å². The lowest BCUT2D eigenvalue weighted by molar-refractivity contribution is 0.0834. The zero-order valence-electron chi connectivity index (χ0n) is 11.6. The molecule has 1 N–H and O–H groups in total. The van der Waals surface area contributed by atoms with Crippen molar-refractivity contribution in [3.63, 3.8) is 0 Å². The van der Waals surface area contributed by atoms with Crippen LogP contribution in [0.4, 0.5) is 0 Å². The maximum atomic E-state index is 3.82. The molecule has 0 aromatic rings. The van der Waals surface area contributed by atoms with Crippen LogP contribution in [-0.2, 0) is 0 Å². The zero-order chi connectivity index (χ0) is 11.8. The van der Waals surface area contributed by atoms with Gasteiger partial charge in [0.2, 0.25) is 0 Å². The molecule has 0 saturated heterocycles. The fraction of sp³-hybridized carbons (Fsp3) is 1.00. The number of rotatable bonds is 1. The highest BCUT2D eigenvalue weighted by Gasteiger charge is 2.37. The molecule has 0 amide bonds. The second-order valence-electron chi connectivity index (χ2n) is 6.83. The van der Waals surface area contributed by atoms with E-state index in [1.165, 1.54) is 6.42 Å². The Hall–Kier alpha value is -0.0400. The summed E-state index contributed by atoms with van der Waals surface area (Å²) in [6.07, 6.45) is 1.39. The molecule has 1 saturated carbocycles. The van der Waals surface area contributed by atoms with Crippen LogP contribution in [0.3, 0.4) is 0 Å². The molecule has 15 heavy (non-hydrogen) atoms. The van der Waals surface area contributed by atoms with E-state index in [9.17, 15) is 0 Å². The van der Waals surface area contributed by atoms with Crippen molar-refractivity contribution in [3.8, 4) is 0 Å². The van der Waals surface area contributed by atoms with Gasteiger partial charge in [-0.25, -0.2) is 0 Å². The van der Waals surface area contributed by atoms with Gasteiger partial charge in [0.25, 0.3) is 0 Å². The summed E-state index contributed by atoms with van der Waals surface area (Å²) in [5.74, 6) is 3.32. The van der Waals surface area contributed by atoms with E-state index in [0.717, 1.165) is 23.7 Å². The Labute approximate surface area is 96.0 Å². The minimum atomic E-state index is 0.240. The van der Waals surface area contributed by atoms with E-state index in [4.69, 9.17) is 0 Å². The molecule has 0 aromatic carbocycles. The van der Waals surface area contributed by atoms with Gasteiger partial charge in [0, 0.05) is 11.6 Å². The minimum absolute atomic E-state index is 0.240. The van der Waals surface area contributed by atoms with Crippen LogP contribution < -0.4 is 5.32 Å². The van der Waals surface area contributed by atoms with Crippen LogP contribution >= 0.6 is 0 Å². The summed E-state index contributed by atoms with van der Waals surface area (Å²) in [4.78, 5) is 0. The van der Waals surface area contributed by atoms with Gasteiger partial charge in [0.05, 0.1) is 0 Å². The quantitative estimate of drug-likeness (QED) is 0.697. The lowest BCUT2D eigenvalue weighted by atomic mass is 9.67. The molecular weight excluding hydrogens is 182 g/mol. The maximum Gasteiger partial charge on any atom is 0.0128 e. The van der Waals surface area contributed by atoms with Crippen LogP contribution in [0.1, 0.15) is 54.9 Å². The summed E-state index contributed by atoms with van der Waals surface area (Å²) in [6.45, 7) is 16.5. The molecule has 1 rings (SSSR count). The van der Waals surface area contributed by atoms with Gasteiger partial charge in [-0.1, -0.05) is 27.7 Å². The molecule has 4 atom stereocenters. The number of hydrogen-bond acceptors (Lipinski definition) is 1. The normalized spacial score (nSPS) is 43.0. The molecule has 1 fully saturated rings. The van der Waals surface area contributed by atoms with Crippen molar-refractivity contribution in [1.82, 2.24) is 5.32 Å². The highest BCUT2D eigenvalue weighted by Crippen LogP contribution is 2.38. The van der Waals surface area contributed by atoms with Crippen LogP contribution in [-0.4, -0.2) is 11.6 Å². The van der Waals surface area contributed by atoms with Crippen molar-refractivity contribution in [1.29, 1.82) is 0 Å². The average Bonchev–Trinajstić information content (AvgIpc) is 2.08. The molecule has 1 heteroatoms. The Kier molecular flexibility index (Phi) is 3.86. The summed E-state index contributed by atoms with van der Waals surface area (Å²) in [6, 6.07) is 0.684. The third kappa shape index (κ3) is 3.21. The average molecular weight is 211 g/mol. The molecule has 0 spiro atoms. The van der Waals surface area contributed by atoms with Gasteiger partial charge >= 0.3 is 0 Å².